The molecule has 3 rings (SSSR count). The molecule has 0 aromatic heterocycles. The molecule has 35 heavy (non-hydrogen) atoms. The quantitative estimate of drug-likeness (QED) is 0.299. The molecule has 3 aromatic carbocycles. The van der Waals surface area contributed by atoms with Crippen LogP contribution in [0.2, 0.25) is 0 Å². The first-order chi connectivity index (χ1) is 17.1. The van der Waals surface area contributed by atoms with Crippen LogP contribution in [0.1, 0.15) is 28.8 Å². The number of rotatable bonds is 14. The number of benzene rings is 3. The summed E-state index contributed by atoms with van der Waals surface area (Å²) in [4.78, 5) is 24.6. The van der Waals surface area contributed by atoms with Gasteiger partial charge in [-0.3, -0.25) is 9.59 Å². The van der Waals surface area contributed by atoms with Crippen LogP contribution in [0.4, 0.5) is 11.4 Å². The standard InChI is InChI=1S/C28H33N3O4/c1-34-18-7-17-29-28(33)23-11-5-12-25(20-23)31-27(32)21-30-24-13-15-26(16-14-24)35-19-6-10-22-8-3-2-4-9-22/h2-5,8-9,11-16,20,30H,6-7,10,17-19,21H2,1H3,(H,29,33)(H,31,32). The number of nitrogens with one attached hydrogen (secondary N) is 3. The Labute approximate surface area is 206 Å². The lowest BCUT2D eigenvalue weighted by atomic mass is 10.1. The van der Waals surface area contributed by atoms with E-state index in [1.807, 2.05) is 42.5 Å². The van der Waals surface area contributed by atoms with Crippen LogP contribution in [0.3, 0.4) is 0 Å². The number of carbonyl (C=O) groups excluding carboxylic acids is 2. The first-order valence-electron chi connectivity index (χ1n) is 11.8. The third kappa shape index (κ3) is 9.51. The summed E-state index contributed by atoms with van der Waals surface area (Å²) in [6, 6.07) is 24.8. The highest BCUT2D eigenvalue weighted by molar-refractivity contribution is 5.98. The van der Waals surface area contributed by atoms with Crippen LogP contribution in [0, 0.1) is 0 Å². The van der Waals surface area contributed by atoms with E-state index in [0.717, 1.165) is 30.7 Å². The Morgan fingerprint density at radius 1 is 0.829 bits per heavy atom. The van der Waals surface area contributed by atoms with E-state index >= 15 is 0 Å². The minimum absolute atomic E-state index is 0.102. The smallest absolute Gasteiger partial charge is 0.251 e. The zero-order valence-electron chi connectivity index (χ0n) is 20.1. The van der Waals surface area contributed by atoms with Crippen LogP contribution in [0.15, 0.2) is 78.9 Å². The Morgan fingerprint density at radius 3 is 2.40 bits per heavy atom. The number of methoxy groups -OCH3 is 1. The SMILES string of the molecule is COCCCNC(=O)c1cccc(NC(=O)CNc2ccc(OCCCc3ccccc3)cc2)c1. The largest absolute Gasteiger partial charge is 0.494 e. The van der Waals surface area contributed by atoms with Crippen molar-refractivity contribution in [3.05, 3.63) is 90.0 Å². The van der Waals surface area contributed by atoms with Crippen LogP contribution in [0.25, 0.3) is 0 Å². The number of hydrogen-bond donors (Lipinski definition) is 3. The predicted molar refractivity (Wildman–Crippen MR) is 139 cm³/mol. The van der Waals surface area contributed by atoms with E-state index in [1.165, 1.54) is 5.56 Å². The van der Waals surface area contributed by atoms with Crippen molar-refractivity contribution >= 4 is 23.2 Å². The molecule has 2 amide bonds. The van der Waals surface area contributed by atoms with Gasteiger partial charge >= 0.3 is 0 Å². The number of aryl methyl sites for hydroxylation is 1. The molecule has 0 saturated heterocycles. The average Bonchev–Trinajstić information content (AvgIpc) is 2.89. The summed E-state index contributed by atoms with van der Waals surface area (Å²) >= 11 is 0. The molecular formula is C28H33N3O4. The van der Waals surface area contributed by atoms with Gasteiger partial charge in [0.05, 0.1) is 13.2 Å². The number of ether oxygens (including phenoxy) is 2. The van der Waals surface area contributed by atoms with E-state index in [1.54, 1.807) is 31.4 Å². The summed E-state index contributed by atoms with van der Waals surface area (Å²) in [6.45, 7) is 1.87. The van der Waals surface area contributed by atoms with Crippen molar-refractivity contribution < 1.29 is 19.1 Å². The van der Waals surface area contributed by atoms with Gasteiger partial charge in [-0.2, -0.15) is 0 Å². The van der Waals surface area contributed by atoms with Crippen LogP contribution in [0.5, 0.6) is 5.75 Å². The lowest BCUT2D eigenvalue weighted by Gasteiger charge is -2.11. The molecule has 0 unspecified atom stereocenters. The molecule has 0 saturated carbocycles. The van der Waals surface area contributed by atoms with E-state index in [4.69, 9.17) is 9.47 Å². The molecule has 184 valence electrons. The molecule has 3 aromatic rings. The lowest BCUT2D eigenvalue weighted by Crippen LogP contribution is -2.25. The number of hydrogen-bond acceptors (Lipinski definition) is 5. The Hall–Kier alpha value is -3.84. The second-order valence-corrected chi connectivity index (χ2v) is 8.05. The van der Waals surface area contributed by atoms with Gasteiger partial charge in [0.2, 0.25) is 5.91 Å². The van der Waals surface area contributed by atoms with Gasteiger partial charge in [-0.05, 0) is 67.3 Å². The fourth-order valence-corrected chi connectivity index (χ4v) is 3.43. The molecular weight excluding hydrogens is 442 g/mol. The van der Waals surface area contributed by atoms with Gasteiger partial charge in [-0.25, -0.2) is 0 Å². The molecule has 0 bridgehead atoms. The molecule has 0 aliphatic heterocycles. The third-order valence-electron chi connectivity index (χ3n) is 5.25. The van der Waals surface area contributed by atoms with E-state index < -0.39 is 0 Å². The summed E-state index contributed by atoms with van der Waals surface area (Å²) in [6.07, 6.45) is 2.67. The maximum Gasteiger partial charge on any atom is 0.251 e. The normalized spacial score (nSPS) is 10.4. The summed E-state index contributed by atoms with van der Waals surface area (Å²) in [7, 11) is 1.63. The summed E-state index contributed by atoms with van der Waals surface area (Å²) < 4.78 is 10.8. The van der Waals surface area contributed by atoms with Crippen LogP contribution in [-0.4, -0.2) is 45.2 Å². The average molecular weight is 476 g/mol. The lowest BCUT2D eigenvalue weighted by molar-refractivity contribution is -0.114. The highest BCUT2D eigenvalue weighted by atomic mass is 16.5. The molecule has 0 aliphatic carbocycles. The molecule has 0 aliphatic rings. The van der Waals surface area contributed by atoms with E-state index in [2.05, 4.69) is 28.1 Å². The minimum Gasteiger partial charge on any atom is -0.494 e. The highest BCUT2D eigenvalue weighted by Gasteiger charge is 2.08. The first kappa shape index (κ1) is 25.8. The molecule has 0 radical (unpaired) electrons. The maximum atomic E-state index is 12.4. The van der Waals surface area contributed by atoms with E-state index in [9.17, 15) is 9.59 Å². The van der Waals surface area contributed by atoms with Crippen molar-refractivity contribution in [2.75, 3.05) is 44.0 Å². The first-order valence-corrected chi connectivity index (χ1v) is 11.8. The predicted octanol–water partition coefficient (Wildman–Crippen LogP) is 4.52. The topological polar surface area (TPSA) is 88.7 Å². The summed E-state index contributed by atoms with van der Waals surface area (Å²) in [5, 5.41) is 8.75. The van der Waals surface area contributed by atoms with Gasteiger partial charge in [-0.15, -0.1) is 0 Å². The monoisotopic (exact) mass is 475 g/mol. The molecule has 0 atom stereocenters. The second kappa shape index (κ2) is 14.4. The second-order valence-electron chi connectivity index (χ2n) is 8.05. The van der Waals surface area contributed by atoms with Crippen molar-refractivity contribution in [2.24, 2.45) is 0 Å². The van der Waals surface area contributed by atoms with Gasteiger partial charge in [0.15, 0.2) is 0 Å². The molecule has 3 N–H and O–H groups in total. The number of carbonyl (C=O) groups is 2. The number of anilines is 2. The van der Waals surface area contributed by atoms with Gasteiger partial charge in [0, 0.05) is 37.2 Å². The molecule has 7 nitrogen and oxygen atoms in total. The Bertz CT molecular complexity index is 1060. The van der Waals surface area contributed by atoms with Crippen molar-refractivity contribution in [1.82, 2.24) is 5.32 Å². The summed E-state index contributed by atoms with van der Waals surface area (Å²) in [5.74, 6) is 0.409. The fraction of sp³-hybridized carbons (Fsp3) is 0.286. The molecule has 7 heteroatoms. The van der Waals surface area contributed by atoms with Crippen LogP contribution in [-0.2, 0) is 16.0 Å². The van der Waals surface area contributed by atoms with Crippen molar-refractivity contribution in [3.8, 4) is 5.75 Å². The third-order valence-corrected chi connectivity index (χ3v) is 5.25. The summed E-state index contributed by atoms with van der Waals surface area (Å²) in [5.41, 5.74) is 3.19. The fourth-order valence-electron chi connectivity index (χ4n) is 3.43. The van der Waals surface area contributed by atoms with E-state index in [-0.39, 0.29) is 18.4 Å². The Morgan fingerprint density at radius 2 is 1.63 bits per heavy atom. The van der Waals surface area contributed by atoms with E-state index in [0.29, 0.717) is 31.0 Å². The van der Waals surface area contributed by atoms with Crippen LogP contribution >= 0.6 is 0 Å². The molecule has 0 fully saturated rings. The van der Waals surface area contributed by atoms with Crippen molar-refractivity contribution in [2.45, 2.75) is 19.3 Å². The van der Waals surface area contributed by atoms with Gasteiger partial charge in [0.1, 0.15) is 5.75 Å². The molecule has 0 heterocycles. The Balaban J connectivity index is 1.37. The number of amides is 2. The zero-order valence-corrected chi connectivity index (χ0v) is 20.1. The maximum absolute atomic E-state index is 12.4. The highest BCUT2D eigenvalue weighted by Crippen LogP contribution is 2.16. The molecule has 0 spiro atoms. The van der Waals surface area contributed by atoms with Gasteiger partial charge in [-0.1, -0.05) is 36.4 Å². The van der Waals surface area contributed by atoms with Crippen LogP contribution < -0.4 is 20.7 Å². The Kier molecular flexibility index (Phi) is 10.6. The van der Waals surface area contributed by atoms with Gasteiger partial charge < -0.3 is 25.4 Å². The van der Waals surface area contributed by atoms with Crippen molar-refractivity contribution in [1.29, 1.82) is 0 Å². The minimum atomic E-state index is -0.205. The zero-order chi connectivity index (χ0) is 24.7. The van der Waals surface area contributed by atoms with Gasteiger partial charge in [0.25, 0.3) is 5.91 Å². The van der Waals surface area contributed by atoms with Crippen molar-refractivity contribution in [3.63, 3.8) is 0 Å².